The number of sulfonamides is 1. The van der Waals surface area contributed by atoms with Crippen molar-refractivity contribution in [3.05, 3.63) is 14.9 Å². The average Bonchev–Trinajstić information content (AvgIpc) is 2.97. The van der Waals surface area contributed by atoms with Gasteiger partial charge < -0.3 is 0 Å². The van der Waals surface area contributed by atoms with Crippen LogP contribution in [0.4, 0.5) is 0 Å². The molecule has 8 heteroatoms. The van der Waals surface area contributed by atoms with Crippen LogP contribution in [0.5, 0.6) is 0 Å². The number of halogens is 2. The van der Waals surface area contributed by atoms with Crippen molar-refractivity contribution in [3.63, 3.8) is 0 Å². The molecule has 1 aliphatic rings. The van der Waals surface area contributed by atoms with Gasteiger partial charge in [-0.15, -0.1) is 11.3 Å². The van der Waals surface area contributed by atoms with Gasteiger partial charge in [0, 0.05) is 6.04 Å². The second-order valence-corrected chi connectivity index (χ2v) is 9.23. The minimum absolute atomic E-state index is 0.0655. The number of hydrogen-bond donors (Lipinski definition) is 0. The van der Waals surface area contributed by atoms with Gasteiger partial charge in [-0.05, 0) is 34.8 Å². The van der Waals surface area contributed by atoms with Crippen LogP contribution in [-0.4, -0.2) is 25.3 Å². The highest BCUT2D eigenvalue weighted by Gasteiger charge is 2.34. The highest BCUT2D eigenvalue weighted by Crippen LogP contribution is 2.37. The van der Waals surface area contributed by atoms with Crippen molar-refractivity contribution in [1.29, 1.82) is 5.26 Å². The van der Waals surface area contributed by atoms with Gasteiger partial charge >= 0.3 is 0 Å². The van der Waals surface area contributed by atoms with Gasteiger partial charge in [0.05, 0.1) is 14.9 Å². The molecule has 0 N–H and O–H groups in total. The first-order valence-electron chi connectivity index (χ1n) is 5.80. The van der Waals surface area contributed by atoms with Gasteiger partial charge in [0.1, 0.15) is 10.8 Å². The Balaban J connectivity index is 2.36. The van der Waals surface area contributed by atoms with Crippen molar-refractivity contribution in [2.45, 2.75) is 35.9 Å². The molecule has 1 fully saturated rings. The van der Waals surface area contributed by atoms with Crippen molar-refractivity contribution >= 4 is 48.9 Å². The first-order valence-corrected chi connectivity index (χ1v) is 9.23. The Bertz CT molecular complexity index is 583. The van der Waals surface area contributed by atoms with Crippen molar-refractivity contribution in [2.24, 2.45) is 0 Å². The molecule has 0 bridgehead atoms. The molecule has 1 aliphatic carbocycles. The second-order valence-electron chi connectivity index (χ2n) is 4.33. The Morgan fingerprint density at radius 3 is 2.63 bits per heavy atom. The zero-order valence-electron chi connectivity index (χ0n) is 9.97. The summed E-state index contributed by atoms with van der Waals surface area (Å²) < 4.78 is 27.3. The minimum atomic E-state index is -3.63. The third kappa shape index (κ3) is 3.14. The number of thiophene rings is 1. The lowest BCUT2D eigenvalue weighted by molar-refractivity contribution is 0.351. The molecule has 0 amide bonds. The van der Waals surface area contributed by atoms with E-state index in [-0.39, 0.29) is 16.8 Å². The van der Waals surface area contributed by atoms with E-state index < -0.39 is 10.0 Å². The summed E-state index contributed by atoms with van der Waals surface area (Å²) in [6.45, 7) is -0.111. The summed E-state index contributed by atoms with van der Waals surface area (Å²) in [4.78, 5) is 0. The molecular weight excluding hydrogens is 372 g/mol. The summed E-state index contributed by atoms with van der Waals surface area (Å²) in [5, 5.41) is 9.26. The van der Waals surface area contributed by atoms with Gasteiger partial charge in [0.15, 0.2) is 0 Å². The SMILES string of the molecule is N#CCN(C1CCCC1)S(=O)(=O)c1cc(Cl)c(Br)s1. The maximum Gasteiger partial charge on any atom is 0.253 e. The van der Waals surface area contributed by atoms with Gasteiger partial charge in [0.25, 0.3) is 10.0 Å². The van der Waals surface area contributed by atoms with Crippen molar-refractivity contribution in [1.82, 2.24) is 4.31 Å². The van der Waals surface area contributed by atoms with E-state index in [0.717, 1.165) is 37.0 Å². The highest BCUT2D eigenvalue weighted by molar-refractivity contribution is 9.11. The maximum absolute atomic E-state index is 12.6. The first kappa shape index (κ1) is 15.3. The van der Waals surface area contributed by atoms with Crippen LogP contribution < -0.4 is 0 Å². The van der Waals surface area contributed by atoms with E-state index in [1.54, 1.807) is 0 Å². The second kappa shape index (κ2) is 6.10. The zero-order chi connectivity index (χ0) is 14.0. The summed E-state index contributed by atoms with van der Waals surface area (Å²) in [5.74, 6) is 0. The molecule has 19 heavy (non-hydrogen) atoms. The molecule has 4 nitrogen and oxygen atoms in total. The largest absolute Gasteiger partial charge is 0.253 e. The molecule has 1 aromatic rings. The van der Waals surface area contributed by atoms with E-state index in [1.807, 2.05) is 6.07 Å². The Labute approximate surface area is 130 Å². The Morgan fingerprint density at radius 2 is 2.16 bits per heavy atom. The summed E-state index contributed by atoms with van der Waals surface area (Å²) in [5.41, 5.74) is 0. The standard InChI is InChI=1S/C11H12BrClN2O2S2/c12-11-9(13)7-10(18-11)19(16,17)15(6-5-14)8-3-1-2-4-8/h7-8H,1-4,6H2. The van der Waals surface area contributed by atoms with E-state index >= 15 is 0 Å². The molecule has 0 radical (unpaired) electrons. The fraction of sp³-hybridized carbons (Fsp3) is 0.545. The van der Waals surface area contributed by atoms with Crippen molar-refractivity contribution in [2.75, 3.05) is 6.54 Å². The number of nitriles is 1. The first-order chi connectivity index (χ1) is 8.96. The molecule has 0 atom stereocenters. The molecule has 1 heterocycles. The summed E-state index contributed by atoms with van der Waals surface area (Å²) in [6, 6.07) is 3.32. The normalized spacial score (nSPS) is 16.9. The Hall–Kier alpha value is -0.130. The van der Waals surface area contributed by atoms with Crippen LogP contribution in [0.2, 0.25) is 5.02 Å². The summed E-state index contributed by atoms with van der Waals surface area (Å²) in [6.07, 6.45) is 3.66. The molecule has 0 unspecified atom stereocenters. The van der Waals surface area contributed by atoms with Crippen LogP contribution in [-0.2, 0) is 10.0 Å². The van der Waals surface area contributed by atoms with E-state index in [1.165, 1.54) is 10.4 Å². The van der Waals surface area contributed by atoms with Gasteiger partial charge in [-0.1, -0.05) is 24.4 Å². The van der Waals surface area contributed by atoms with Crippen LogP contribution in [0.15, 0.2) is 14.1 Å². The molecule has 0 aliphatic heterocycles. The Morgan fingerprint density at radius 1 is 1.53 bits per heavy atom. The van der Waals surface area contributed by atoms with Crippen LogP contribution in [0.25, 0.3) is 0 Å². The lowest BCUT2D eigenvalue weighted by Gasteiger charge is -2.24. The molecule has 1 saturated carbocycles. The van der Waals surface area contributed by atoms with Gasteiger partial charge in [-0.3, -0.25) is 0 Å². The number of rotatable bonds is 4. The van der Waals surface area contributed by atoms with Crippen LogP contribution in [0.1, 0.15) is 25.7 Å². The van der Waals surface area contributed by atoms with Crippen molar-refractivity contribution < 1.29 is 8.42 Å². The molecule has 1 aromatic heterocycles. The van der Waals surface area contributed by atoms with Gasteiger partial charge in [0.2, 0.25) is 0 Å². The molecule has 2 rings (SSSR count). The molecular formula is C11H12BrClN2O2S2. The van der Waals surface area contributed by atoms with Gasteiger partial charge in [-0.25, -0.2) is 8.42 Å². The van der Waals surface area contributed by atoms with Crippen LogP contribution in [0.3, 0.4) is 0 Å². The fourth-order valence-corrected chi connectivity index (χ4v) is 6.35. The molecule has 104 valence electrons. The zero-order valence-corrected chi connectivity index (χ0v) is 13.9. The molecule has 0 saturated heterocycles. The molecule has 0 spiro atoms. The quantitative estimate of drug-likeness (QED) is 0.746. The predicted octanol–water partition coefficient (Wildman–Crippen LogP) is 3.62. The highest BCUT2D eigenvalue weighted by atomic mass is 79.9. The lowest BCUT2D eigenvalue weighted by atomic mass is 10.2. The van der Waals surface area contributed by atoms with E-state index in [4.69, 9.17) is 16.9 Å². The minimum Gasteiger partial charge on any atom is -0.206 e. The van der Waals surface area contributed by atoms with Crippen molar-refractivity contribution in [3.8, 4) is 6.07 Å². The number of hydrogen-bond acceptors (Lipinski definition) is 4. The summed E-state index contributed by atoms with van der Waals surface area (Å²) in [7, 11) is -3.63. The van der Waals surface area contributed by atoms with Gasteiger partial charge in [-0.2, -0.15) is 9.57 Å². The monoisotopic (exact) mass is 382 g/mol. The fourth-order valence-electron chi connectivity index (χ4n) is 2.24. The molecule has 0 aromatic carbocycles. The third-order valence-corrected chi connectivity index (χ3v) is 7.97. The Kier molecular flexibility index (Phi) is 4.90. The maximum atomic E-state index is 12.6. The topological polar surface area (TPSA) is 61.2 Å². The van der Waals surface area contributed by atoms with Crippen LogP contribution >= 0.6 is 38.9 Å². The van der Waals surface area contributed by atoms with E-state index in [9.17, 15) is 8.42 Å². The number of nitrogens with zero attached hydrogens (tertiary/aromatic N) is 2. The van der Waals surface area contributed by atoms with Crippen LogP contribution in [0, 0.1) is 11.3 Å². The average molecular weight is 384 g/mol. The smallest absolute Gasteiger partial charge is 0.206 e. The third-order valence-electron chi connectivity index (χ3n) is 3.14. The lowest BCUT2D eigenvalue weighted by Crippen LogP contribution is -2.38. The predicted molar refractivity (Wildman–Crippen MR) is 78.8 cm³/mol. The van der Waals surface area contributed by atoms with E-state index in [2.05, 4.69) is 15.9 Å². The van der Waals surface area contributed by atoms with E-state index in [0.29, 0.717) is 8.81 Å². The summed E-state index contributed by atoms with van der Waals surface area (Å²) >= 11 is 10.2.